The Morgan fingerprint density at radius 2 is 1.74 bits per heavy atom. The Kier molecular flexibility index (Phi) is 7.76. The van der Waals surface area contributed by atoms with Crippen LogP contribution in [0.5, 0.6) is 0 Å². The lowest BCUT2D eigenvalue weighted by molar-refractivity contribution is -0.116. The third-order valence-corrected chi connectivity index (χ3v) is 8.60. The molecule has 2 aromatic heterocycles. The molecule has 0 aliphatic carbocycles. The number of nitrogens with one attached hydrogen (secondary N) is 2. The molecule has 1 fully saturated rings. The van der Waals surface area contributed by atoms with Crippen LogP contribution < -0.4 is 10.6 Å². The maximum Gasteiger partial charge on any atom is 0.226 e. The zero-order valence-corrected chi connectivity index (χ0v) is 25.0. The van der Waals surface area contributed by atoms with Crippen molar-refractivity contribution in [3.8, 4) is 5.69 Å². The minimum atomic E-state index is -0.143. The SMILES string of the molecule is CCc1ccccc1-n1c(C)cc([C@H]2[C@@H](c3ccccn3)NC(=S)N2CCC(=O)Nc2cccc3ccccc23)c1C. The van der Waals surface area contributed by atoms with Crippen LogP contribution >= 0.6 is 12.2 Å². The molecule has 0 unspecified atom stereocenters. The van der Waals surface area contributed by atoms with Gasteiger partial charge in [-0.15, -0.1) is 0 Å². The molecule has 3 aromatic carbocycles. The first kappa shape index (κ1) is 27.7. The number of aryl methyl sites for hydroxylation is 2. The monoisotopic (exact) mass is 573 g/mol. The standard InChI is InChI=1S/C35H35N5OS/c1-4-25-12-6-8-18-31(25)40-23(2)22-28(24(40)3)34-33(30-16-9-10-20-36-30)38-35(42)39(34)21-19-32(41)37-29-17-11-14-26-13-5-7-15-27(26)29/h5-18,20,22,33-34H,4,19,21H2,1-3H3,(H,37,41)(H,38,42)/t33-,34+/m1/s1. The van der Waals surface area contributed by atoms with E-state index >= 15 is 0 Å². The third kappa shape index (κ3) is 5.16. The number of para-hydroxylation sites is 1. The Morgan fingerprint density at radius 1 is 0.976 bits per heavy atom. The normalized spacial score (nSPS) is 16.5. The van der Waals surface area contributed by atoms with Crippen LogP contribution in [-0.4, -0.2) is 32.0 Å². The second-order valence-electron chi connectivity index (χ2n) is 10.8. The van der Waals surface area contributed by atoms with E-state index in [1.165, 1.54) is 16.8 Å². The van der Waals surface area contributed by atoms with Crippen molar-refractivity contribution in [2.45, 2.75) is 45.7 Å². The summed E-state index contributed by atoms with van der Waals surface area (Å²) in [5.41, 5.74) is 7.74. The predicted molar refractivity (Wildman–Crippen MR) is 174 cm³/mol. The molecule has 2 atom stereocenters. The van der Waals surface area contributed by atoms with Crippen LogP contribution in [0.25, 0.3) is 16.5 Å². The minimum absolute atomic E-state index is 0.0449. The number of nitrogens with zero attached hydrogens (tertiary/aromatic N) is 3. The molecule has 1 aliphatic rings. The molecule has 212 valence electrons. The van der Waals surface area contributed by atoms with E-state index in [4.69, 9.17) is 17.2 Å². The summed E-state index contributed by atoms with van der Waals surface area (Å²) in [7, 11) is 0. The van der Waals surface area contributed by atoms with E-state index in [1.54, 1.807) is 0 Å². The van der Waals surface area contributed by atoms with Crippen molar-refractivity contribution in [3.63, 3.8) is 0 Å². The maximum atomic E-state index is 13.3. The number of anilines is 1. The molecule has 0 spiro atoms. The summed E-state index contributed by atoms with van der Waals surface area (Å²) in [5, 5.41) is 9.43. The molecule has 1 amide bonds. The molecule has 1 saturated heterocycles. The Hall–Kier alpha value is -4.49. The molecule has 3 heterocycles. The number of carbonyl (C=O) groups is 1. The zero-order valence-electron chi connectivity index (χ0n) is 24.2. The van der Waals surface area contributed by atoms with Crippen molar-refractivity contribution < 1.29 is 4.79 Å². The van der Waals surface area contributed by atoms with Crippen LogP contribution in [0.3, 0.4) is 0 Å². The van der Waals surface area contributed by atoms with Gasteiger partial charge in [-0.05, 0) is 79.3 Å². The Bertz CT molecular complexity index is 1760. The van der Waals surface area contributed by atoms with E-state index in [0.717, 1.165) is 40.0 Å². The van der Waals surface area contributed by atoms with Gasteiger partial charge in [0.25, 0.3) is 0 Å². The molecular formula is C35H35N5OS. The van der Waals surface area contributed by atoms with Crippen molar-refractivity contribution >= 4 is 39.7 Å². The van der Waals surface area contributed by atoms with Crippen molar-refractivity contribution in [1.82, 2.24) is 19.8 Å². The maximum absolute atomic E-state index is 13.3. The quantitative estimate of drug-likeness (QED) is 0.192. The smallest absolute Gasteiger partial charge is 0.226 e. The van der Waals surface area contributed by atoms with Gasteiger partial charge in [0.05, 0.1) is 17.8 Å². The highest BCUT2D eigenvalue weighted by molar-refractivity contribution is 7.80. The predicted octanol–water partition coefficient (Wildman–Crippen LogP) is 7.21. The summed E-state index contributed by atoms with van der Waals surface area (Å²) < 4.78 is 2.34. The highest BCUT2D eigenvalue weighted by Gasteiger charge is 2.41. The Labute approximate surface area is 252 Å². The number of fused-ring (bicyclic) bond motifs is 1. The van der Waals surface area contributed by atoms with Gasteiger partial charge in [0.15, 0.2) is 5.11 Å². The van der Waals surface area contributed by atoms with Crippen LogP contribution in [-0.2, 0) is 11.2 Å². The molecule has 0 saturated carbocycles. The lowest BCUT2D eigenvalue weighted by atomic mass is 9.96. The number of pyridine rings is 1. The first-order valence-corrected chi connectivity index (χ1v) is 14.9. The molecule has 6 rings (SSSR count). The van der Waals surface area contributed by atoms with E-state index in [-0.39, 0.29) is 18.0 Å². The molecular weight excluding hydrogens is 538 g/mol. The van der Waals surface area contributed by atoms with E-state index in [9.17, 15) is 4.79 Å². The molecule has 2 N–H and O–H groups in total. The summed E-state index contributed by atoms with van der Waals surface area (Å²) in [4.78, 5) is 20.1. The third-order valence-electron chi connectivity index (χ3n) is 8.24. The van der Waals surface area contributed by atoms with E-state index in [2.05, 4.69) is 83.3 Å². The second-order valence-corrected chi connectivity index (χ2v) is 11.2. The summed E-state index contributed by atoms with van der Waals surface area (Å²) in [6.45, 7) is 7.00. The summed E-state index contributed by atoms with van der Waals surface area (Å²) in [5.74, 6) is -0.0449. The fourth-order valence-corrected chi connectivity index (χ4v) is 6.57. The van der Waals surface area contributed by atoms with E-state index in [0.29, 0.717) is 18.1 Å². The molecule has 0 radical (unpaired) electrons. The number of hydrogen-bond donors (Lipinski definition) is 2. The average molecular weight is 574 g/mol. The van der Waals surface area contributed by atoms with Crippen LogP contribution in [0.15, 0.2) is 97.2 Å². The second kappa shape index (κ2) is 11.8. The number of benzene rings is 3. The van der Waals surface area contributed by atoms with Gasteiger partial charge in [0.2, 0.25) is 5.91 Å². The van der Waals surface area contributed by atoms with Crippen molar-refractivity contribution in [2.75, 3.05) is 11.9 Å². The van der Waals surface area contributed by atoms with Gasteiger partial charge in [0, 0.05) is 47.3 Å². The van der Waals surface area contributed by atoms with Crippen LogP contribution in [0.2, 0.25) is 0 Å². The first-order valence-electron chi connectivity index (χ1n) is 14.5. The van der Waals surface area contributed by atoms with Gasteiger partial charge >= 0.3 is 0 Å². The van der Waals surface area contributed by atoms with E-state index in [1.807, 2.05) is 54.7 Å². The fraction of sp³-hybridized carbons (Fsp3) is 0.229. The van der Waals surface area contributed by atoms with Crippen LogP contribution in [0.1, 0.15) is 53.6 Å². The van der Waals surface area contributed by atoms with Gasteiger partial charge in [-0.3, -0.25) is 9.78 Å². The highest BCUT2D eigenvalue weighted by Crippen LogP contribution is 2.41. The van der Waals surface area contributed by atoms with Crippen molar-refractivity contribution in [1.29, 1.82) is 0 Å². The Morgan fingerprint density at radius 3 is 2.55 bits per heavy atom. The molecule has 5 aromatic rings. The molecule has 42 heavy (non-hydrogen) atoms. The van der Waals surface area contributed by atoms with Gasteiger partial charge < -0.3 is 20.1 Å². The summed E-state index contributed by atoms with van der Waals surface area (Å²) in [6, 6.07) is 30.6. The zero-order chi connectivity index (χ0) is 29.2. The number of amides is 1. The fourth-order valence-electron chi connectivity index (χ4n) is 6.24. The number of rotatable bonds is 8. The van der Waals surface area contributed by atoms with Crippen molar-refractivity contribution in [2.24, 2.45) is 0 Å². The van der Waals surface area contributed by atoms with Crippen LogP contribution in [0.4, 0.5) is 5.69 Å². The lowest BCUT2D eigenvalue weighted by Gasteiger charge is -2.28. The molecule has 7 heteroatoms. The highest BCUT2D eigenvalue weighted by atomic mass is 32.1. The van der Waals surface area contributed by atoms with Crippen molar-refractivity contribution in [3.05, 3.63) is 125 Å². The lowest BCUT2D eigenvalue weighted by Crippen LogP contribution is -2.33. The van der Waals surface area contributed by atoms with Gasteiger partial charge in [-0.1, -0.05) is 67.6 Å². The summed E-state index contributed by atoms with van der Waals surface area (Å²) >= 11 is 5.90. The minimum Gasteiger partial charge on any atom is -0.352 e. The summed E-state index contributed by atoms with van der Waals surface area (Å²) in [6.07, 6.45) is 3.07. The van der Waals surface area contributed by atoms with Gasteiger partial charge in [-0.2, -0.15) is 0 Å². The molecule has 6 nitrogen and oxygen atoms in total. The average Bonchev–Trinajstić information content (AvgIpc) is 3.50. The van der Waals surface area contributed by atoms with Gasteiger partial charge in [-0.25, -0.2) is 0 Å². The Balaban J connectivity index is 1.32. The number of hydrogen-bond acceptors (Lipinski definition) is 3. The molecule has 1 aliphatic heterocycles. The van der Waals surface area contributed by atoms with Crippen LogP contribution in [0, 0.1) is 13.8 Å². The number of carbonyl (C=O) groups excluding carboxylic acids is 1. The number of thiocarbonyl (C=S) groups is 1. The number of aromatic nitrogens is 2. The van der Waals surface area contributed by atoms with Gasteiger partial charge in [0.1, 0.15) is 0 Å². The van der Waals surface area contributed by atoms with E-state index < -0.39 is 0 Å². The first-order chi connectivity index (χ1) is 20.5. The largest absolute Gasteiger partial charge is 0.352 e. The topological polar surface area (TPSA) is 62.2 Å². The molecule has 0 bridgehead atoms.